The minimum atomic E-state index is -1.07. The minimum absolute atomic E-state index is 0.159. The van der Waals surface area contributed by atoms with Crippen LogP contribution in [0.25, 0.3) is 6.08 Å². The first-order chi connectivity index (χ1) is 11.4. The second kappa shape index (κ2) is 7.36. The zero-order valence-electron chi connectivity index (χ0n) is 14.2. The third-order valence-corrected chi connectivity index (χ3v) is 4.15. The number of hydrogen-bond donors (Lipinski definition) is 2. The Morgan fingerprint density at radius 2 is 1.71 bits per heavy atom. The first-order valence-electron chi connectivity index (χ1n) is 7.62. The summed E-state index contributed by atoms with van der Waals surface area (Å²) in [6, 6.07) is 6.47. The van der Waals surface area contributed by atoms with Gasteiger partial charge in [-0.15, -0.1) is 0 Å². The van der Waals surface area contributed by atoms with Crippen LogP contribution in [0.15, 0.2) is 53.0 Å². The highest BCUT2D eigenvalue weighted by Gasteiger charge is 2.35. The Balaban J connectivity index is 2.34. The molecule has 5 nitrogen and oxygen atoms in total. The van der Waals surface area contributed by atoms with E-state index in [-0.39, 0.29) is 23.0 Å². The molecular weight excluding hydrogens is 308 g/mol. The second-order valence-corrected chi connectivity index (χ2v) is 5.65. The zero-order chi connectivity index (χ0) is 17.9. The van der Waals surface area contributed by atoms with Gasteiger partial charge in [-0.2, -0.15) is 0 Å². The fraction of sp³-hybridized carbons (Fsp3) is 0.316. The molecule has 2 unspecified atom stereocenters. The molecule has 0 aliphatic heterocycles. The van der Waals surface area contributed by atoms with Crippen LogP contribution < -0.4 is 0 Å². The quantitative estimate of drug-likeness (QED) is 0.812. The monoisotopic (exact) mass is 330 g/mol. The summed E-state index contributed by atoms with van der Waals surface area (Å²) in [5, 5.41) is 19.8. The van der Waals surface area contributed by atoms with E-state index >= 15 is 0 Å². The van der Waals surface area contributed by atoms with Crippen molar-refractivity contribution in [3.8, 4) is 5.75 Å². The number of phenols is 1. The summed E-state index contributed by atoms with van der Waals surface area (Å²) in [5.41, 5.74) is 1.59. The van der Waals surface area contributed by atoms with Crippen LogP contribution in [0.2, 0.25) is 0 Å². The molecule has 1 aliphatic carbocycles. The van der Waals surface area contributed by atoms with E-state index in [0.29, 0.717) is 17.1 Å². The third-order valence-electron chi connectivity index (χ3n) is 4.15. The van der Waals surface area contributed by atoms with Gasteiger partial charge >= 0.3 is 0 Å². The van der Waals surface area contributed by atoms with Gasteiger partial charge < -0.3 is 19.7 Å². The van der Waals surface area contributed by atoms with Gasteiger partial charge in [0.25, 0.3) is 0 Å². The molecule has 2 N–H and O–H groups in total. The normalized spacial score (nSPS) is 21.4. The molecule has 1 aromatic carbocycles. The van der Waals surface area contributed by atoms with E-state index in [1.54, 1.807) is 37.3 Å². The van der Waals surface area contributed by atoms with Crippen LogP contribution in [0, 0.1) is 5.92 Å². The maximum Gasteiger partial charge on any atom is 0.188 e. The second-order valence-electron chi connectivity index (χ2n) is 5.65. The topological polar surface area (TPSA) is 76.0 Å². The fourth-order valence-electron chi connectivity index (χ4n) is 2.91. The number of rotatable bonds is 5. The smallest absolute Gasteiger partial charge is 0.188 e. The van der Waals surface area contributed by atoms with Crippen molar-refractivity contribution >= 4 is 11.9 Å². The Morgan fingerprint density at radius 3 is 2.25 bits per heavy atom. The van der Waals surface area contributed by atoms with Crippen LogP contribution in [0.1, 0.15) is 19.4 Å². The molecule has 0 fully saturated rings. The number of ether oxygens (including phenoxy) is 2. The van der Waals surface area contributed by atoms with Gasteiger partial charge in [0.15, 0.2) is 5.78 Å². The SMILES string of the molecule is COC1=C(C)C(O)C(C(=O)C=Cc2ccc(O)cc2)=C(OC)C1C. The lowest BCUT2D eigenvalue weighted by Gasteiger charge is -2.30. The molecule has 2 rings (SSSR count). The Bertz CT molecular complexity index is 710. The summed E-state index contributed by atoms with van der Waals surface area (Å²) in [6.45, 7) is 3.60. The Labute approximate surface area is 141 Å². The highest BCUT2D eigenvalue weighted by atomic mass is 16.5. The first-order valence-corrected chi connectivity index (χ1v) is 7.62. The lowest BCUT2D eigenvalue weighted by molar-refractivity contribution is -0.112. The van der Waals surface area contributed by atoms with Gasteiger partial charge in [-0.1, -0.05) is 18.2 Å². The maximum absolute atomic E-state index is 12.6. The van der Waals surface area contributed by atoms with Crippen molar-refractivity contribution in [1.82, 2.24) is 0 Å². The maximum atomic E-state index is 12.6. The van der Waals surface area contributed by atoms with Gasteiger partial charge in [0.1, 0.15) is 23.4 Å². The van der Waals surface area contributed by atoms with E-state index in [9.17, 15) is 15.0 Å². The molecule has 1 aromatic rings. The number of aliphatic hydroxyl groups excluding tert-OH is 1. The van der Waals surface area contributed by atoms with Gasteiger partial charge in [-0.05, 0) is 43.2 Å². The number of carbonyl (C=O) groups is 1. The number of aromatic hydroxyl groups is 1. The number of hydrogen-bond acceptors (Lipinski definition) is 5. The van der Waals surface area contributed by atoms with Crippen molar-refractivity contribution in [1.29, 1.82) is 0 Å². The standard InChI is InChI=1S/C19H22O5/c1-11-17(22)16(19(24-4)12(2)18(11)23-3)15(21)10-7-13-5-8-14(20)9-6-13/h5-10,12,17,20,22H,1-4H3. The van der Waals surface area contributed by atoms with Crippen molar-refractivity contribution in [2.24, 2.45) is 5.92 Å². The van der Waals surface area contributed by atoms with Crippen molar-refractivity contribution in [3.05, 3.63) is 58.6 Å². The van der Waals surface area contributed by atoms with Crippen LogP contribution in [0.3, 0.4) is 0 Å². The molecule has 5 heteroatoms. The van der Waals surface area contributed by atoms with Crippen molar-refractivity contribution in [2.45, 2.75) is 20.0 Å². The summed E-state index contributed by atoms with van der Waals surface area (Å²) in [5.74, 6) is 0.606. The van der Waals surface area contributed by atoms with Crippen molar-refractivity contribution in [2.75, 3.05) is 14.2 Å². The van der Waals surface area contributed by atoms with E-state index in [2.05, 4.69) is 0 Å². The Morgan fingerprint density at radius 1 is 1.12 bits per heavy atom. The minimum Gasteiger partial charge on any atom is -0.508 e. The molecule has 0 saturated heterocycles. The van der Waals surface area contributed by atoms with E-state index in [1.807, 2.05) is 6.92 Å². The van der Waals surface area contributed by atoms with Crippen LogP contribution in [-0.2, 0) is 14.3 Å². The molecule has 0 amide bonds. The molecule has 0 radical (unpaired) electrons. The van der Waals surface area contributed by atoms with Gasteiger partial charge in [0, 0.05) is 0 Å². The summed E-state index contributed by atoms with van der Waals surface area (Å²) >= 11 is 0. The number of carbonyl (C=O) groups excluding carboxylic acids is 1. The number of benzene rings is 1. The predicted octanol–water partition coefficient (Wildman–Crippen LogP) is 2.81. The summed E-state index contributed by atoms with van der Waals surface area (Å²) in [4.78, 5) is 12.6. The summed E-state index contributed by atoms with van der Waals surface area (Å²) < 4.78 is 10.7. The molecule has 0 saturated carbocycles. The lowest BCUT2D eigenvalue weighted by atomic mass is 9.84. The number of ketones is 1. The van der Waals surface area contributed by atoms with Crippen LogP contribution in [0.5, 0.6) is 5.75 Å². The predicted molar refractivity (Wildman–Crippen MR) is 91.1 cm³/mol. The highest BCUT2D eigenvalue weighted by Crippen LogP contribution is 2.36. The molecule has 128 valence electrons. The van der Waals surface area contributed by atoms with Crippen LogP contribution in [0.4, 0.5) is 0 Å². The third kappa shape index (κ3) is 3.36. The van der Waals surface area contributed by atoms with E-state index in [4.69, 9.17) is 9.47 Å². The van der Waals surface area contributed by atoms with E-state index in [0.717, 1.165) is 5.56 Å². The Hall–Kier alpha value is -2.53. The number of aliphatic hydroxyl groups is 1. The van der Waals surface area contributed by atoms with E-state index in [1.165, 1.54) is 20.3 Å². The Kier molecular flexibility index (Phi) is 5.46. The van der Waals surface area contributed by atoms with Crippen molar-refractivity contribution in [3.63, 3.8) is 0 Å². The molecule has 0 aromatic heterocycles. The molecule has 0 bridgehead atoms. The summed E-state index contributed by atoms with van der Waals surface area (Å²) in [6.07, 6.45) is 1.95. The average molecular weight is 330 g/mol. The molecule has 0 spiro atoms. The van der Waals surface area contributed by atoms with Gasteiger partial charge in [0.05, 0.1) is 25.7 Å². The number of phenolic OH excluding ortho intramolecular Hbond substituents is 1. The molecule has 2 atom stereocenters. The van der Waals surface area contributed by atoms with Crippen LogP contribution in [-0.4, -0.2) is 36.3 Å². The van der Waals surface area contributed by atoms with Gasteiger partial charge in [0.2, 0.25) is 0 Å². The molecule has 1 aliphatic rings. The highest BCUT2D eigenvalue weighted by molar-refractivity contribution is 6.08. The molecule has 24 heavy (non-hydrogen) atoms. The fourth-order valence-corrected chi connectivity index (χ4v) is 2.91. The largest absolute Gasteiger partial charge is 0.508 e. The summed E-state index contributed by atoms with van der Waals surface area (Å²) in [7, 11) is 3.01. The molecular formula is C19H22O5. The van der Waals surface area contributed by atoms with Crippen molar-refractivity contribution < 1.29 is 24.5 Å². The average Bonchev–Trinajstić information content (AvgIpc) is 2.57. The van der Waals surface area contributed by atoms with Gasteiger partial charge in [-0.3, -0.25) is 4.79 Å². The zero-order valence-corrected chi connectivity index (χ0v) is 14.2. The lowest BCUT2D eigenvalue weighted by Crippen LogP contribution is -2.30. The number of methoxy groups -OCH3 is 2. The van der Waals surface area contributed by atoms with Crippen LogP contribution >= 0.6 is 0 Å². The van der Waals surface area contributed by atoms with Gasteiger partial charge in [-0.25, -0.2) is 0 Å². The van der Waals surface area contributed by atoms with E-state index < -0.39 is 6.10 Å². The first kappa shape index (κ1) is 17.8. The molecule has 0 heterocycles. The number of allylic oxidation sites excluding steroid dienone is 1.